The largest absolute Gasteiger partial charge is 0.372 e. The lowest BCUT2D eigenvalue weighted by Gasteiger charge is -2.07. The molecule has 0 saturated heterocycles. The van der Waals surface area contributed by atoms with E-state index in [1.165, 1.54) is 5.56 Å². The van der Waals surface area contributed by atoms with Crippen LogP contribution >= 0.6 is 11.6 Å². The number of alkyl halides is 1. The van der Waals surface area contributed by atoms with Crippen LogP contribution in [0, 0.1) is 0 Å². The van der Waals surface area contributed by atoms with Crippen molar-refractivity contribution in [1.82, 2.24) is 5.32 Å². The fraction of sp³-hybridized carbons (Fsp3) is 0.500. The molecule has 18 heavy (non-hydrogen) atoms. The summed E-state index contributed by atoms with van der Waals surface area (Å²) >= 11 is 5.85. The number of amides is 1. The molecule has 3 nitrogen and oxygen atoms in total. The first kappa shape index (κ1) is 13.4. The highest BCUT2D eigenvalue weighted by atomic mass is 35.5. The van der Waals surface area contributed by atoms with Crippen molar-refractivity contribution in [2.45, 2.75) is 38.4 Å². The highest BCUT2D eigenvalue weighted by molar-refractivity contribution is 6.20. The molecule has 1 N–H and O–H groups in total. The molecule has 1 aliphatic heterocycles. The lowest BCUT2D eigenvalue weighted by atomic mass is 10.1. The van der Waals surface area contributed by atoms with E-state index in [0.29, 0.717) is 25.3 Å². The summed E-state index contributed by atoms with van der Waals surface area (Å²) in [7, 11) is 0. The van der Waals surface area contributed by atoms with Crippen LogP contribution in [0.2, 0.25) is 0 Å². The molecule has 1 aromatic carbocycles. The third-order valence-electron chi connectivity index (χ3n) is 3.05. The van der Waals surface area contributed by atoms with Gasteiger partial charge < -0.3 is 10.1 Å². The van der Waals surface area contributed by atoms with Gasteiger partial charge in [-0.3, -0.25) is 4.79 Å². The van der Waals surface area contributed by atoms with E-state index in [-0.39, 0.29) is 11.3 Å². The second kappa shape index (κ2) is 6.21. The third-order valence-corrected chi connectivity index (χ3v) is 3.27. The van der Waals surface area contributed by atoms with Gasteiger partial charge in [0.1, 0.15) is 0 Å². The monoisotopic (exact) mass is 267 g/mol. The van der Waals surface area contributed by atoms with E-state index < -0.39 is 0 Å². The lowest BCUT2D eigenvalue weighted by Crippen LogP contribution is -2.24. The summed E-state index contributed by atoms with van der Waals surface area (Å²) in [6.07, 6.45) is 1.82. The SMILES string of the molecule is CC(Cl)CCCNC(=O)c1ccc2c(c1)COC2. The average molecular weight is 268 g/mol. The predicted octanol–water partition coefficient (Wildman–Crippen LogP) is 2.85. The van der Waals surface area contributed by atoms with E-state index >= 15 is 0 Å². The zero-order chi connectivity index (χ0) is 13.0. The molecule has 1 aliphatic rings. The number of benzene rings is 1. The highest BCUT2D eigenvalue weighted by Gasteiger charge is 2.13. The molecule has 1 aromatic rings. The summed E-state index contributed by atoms with van der Waals surface area (Å²) in [6, 6.07) is 5.74. The Kier molecular flexibility index (Phi) is 4.61. The van der Waals surface area contributed by atoms with Crippen molar-refractivity contribution in [3.05, 3.63) is 34.9 Å². The van der Waals surface area contributed by atoms with Crippen molar-refractivity contribution in [2.24, 2.45) is 0 Å². The smallest absolute Gasteiger partial charge is 0.251 e. The number of ether oxygens (including phenoxy) is 1. The zero-order valence-corrected chi connectivity index (χ0v) is 11.3. The van der Waals surface area contributed by atoms with Gasteiger partial charge in [-0.05, 0) is 43.0 Å². The maximum absolute atomic E-state index is 11.9. The zero-order valence-electron chi connectivity index (χ0n) is 10.5. The van der Waals surface area contributed by atoms with Crippen LogP contribution in [0.5, 0.6) is 0 Å². The summed E-state index contributed by atoms with van der Waals surface area (Å²) in [5, 5.41) is 3.07. The van der Waals surface area contributed by atoms with Crippen LogP contribution in [-0.2, 0) is 18.0 Å². The minimum atomic E-state index is -0.0214. The number of carbonyl (C=O) groups is 1. The highest BCUT2D eigenvalue weighted by Crippen LogP contribution is 2.20. The van der Waals surface area contributed by atoms with Crippen LogP contribution in [0.25, 0.3) is 0 Å². The summed E-state index contributed by atoms with van der Waals surface area (Å²) < 4.78 is 5.33. The Morgan fingerprint density at radius 1 is 1.44 bits per heavy atom. The summed E-state index contributed by atoms with van der Waals surface area (Å²) in [4.78, 5) is 11.9. The molecule has 0 spiro atoms. The number of hydrogen-bond acceptors (Lipinski definition) is 2. The van der Waals surface area contributed by atoms with E-state index in [9.17, 15) is 4.79 Å². The van der Waals surface area contributed by atoms with Gasteiger partial charge in [-0.1, -0.05) is 6.07 Å². The molecule has 0 fully saturated rings. The van der Waals surface area contributed by atoms with Gasteiger partial charge in [-0.15, -0.1) is 11.6 Å². The van der Waals surface area contributed by atoms with Gasteiger partial charge in [-0.25, -0.2) is 0 Å². The Morgan fingerprint density at radius 2 is 2.22 bits per heavy atom. The Labute approximate surface area is 112 Å². The van der Waals surface area contributed by atoms with Gasteiger partial charge in [-0.2, -0.15) is 0 Å². The molecule has 0 bridgehead atoms. The molecule has 1 heterocycles. The molecule has 4 heteroatoms. The molecule has 2 rings (SSSR count). The maximum atomic E-state index is 11.9. The van der Waals surface area contributed by atoms with Crippen LogP contribution in [0.4, 0.5) is 0 Å². The Hall–Kier alpha value is -1.06. The van der Waals surface area contributed by atoms with Crippen molar-refractivity contribution < 1.29 is 9.53 Å². The fourth-order valence-corrected chi connectivity index (χ4v) is 2.15. The molecular weight excluding hydrogens is 250 g/mol. The lowest BCUT2D eigenvalue weighted by molar-refractivity contribution is 0.0953. The van der Waals surface area contributed by atoms with Gasteiger partial charge in [0.2, 0.25) is 0 Å². The van der Waals surface area contributed by atoms with Crippen molar-refractivity contribution in [1.29, 1.82) is 0 Å². The van der Waals surface area contributed by atoms with Crippen LogP contribution in [0.1, 0.15) is 41.3 Å². The van der Waals surface area contributed by atoms with E-state index in [4.69, 9.17) is 16.3 Å². The molecule has 1 atom stereocenters. The molecule has 0 radical (unpaired) electrons. The standard InChI is InChI=1S/C14H18ClNO2/c1-10(15)3-2-6-16-14(17)11-4-5-12-8-18-9-13(12)7-11/h4-5,7,10H,2-3,6,8-9H2,1H3,(H,16,17). The molecule has 98 valence electrons. The second-order valence-corrected chi connectivity index (χ2v) is 5.40. The molecular formula is C14H18ClNO2. The van der Waals surface area contributed by atoms with Gasteiger partial charge in [0, 0.05) is 17.5 Å². The van der Waals surface area contributed by atoms with Gasteiger partial charge in [0.15, 0.2) is 0 Å². The van der Waals surface area contributed by atoms with Crippen LogP contribution < -0.4 is 5.32 Å². The maximum Gasteiger partial charge on any atom is 0.251 e. The van der Waals surface area contributed by atoms with E-state index in [2.05, 4.69) is 5.32 Å². The first-order valence-electron chi connectivity index (χ1n) is 6.28. The van der Waals surface area contributed by atoms with Gasteiger partial charge in [0.05, 0.1) is 13.2 Å². The third kappa shape index (κ3) is 3.47. The summed E-state index contributed by atoms with van der Waals surface area (Å²) in [5.41, 5.74) is 3.01. The second-order valence-electron chi connectivity index (χ2n) is 4.66. The van der Waals surface area contributed by atoms with Crippen LogP contribution in [-0.4, -0.2) is 17.8 Å². The van der Waals surface area contributed by atoms with Crippen LogP contribution in [0.15, 0.2) is 18.2 Å². The fourth-order valence-electron chi connectivity index (χ4n) is 2.00. The molecule has 0 aromatic heterocycles. The quantitative estimate of drug-likeness (QED) is 0.658. The molecule has 0 aliphatic carbocycles. The Bertz CT molecular complexity index is 432. The Morgan fingerprint density at radius 3 is 3.00 bits per heavy atom. The van der Waals surface area contributed by atoms with Crippen molar-refractivity contribution >= 4 is 17.5 Å². The minimum absolute atomic E-state index is 0.0214. The van der Waals surface area contributed by atoms with E-state index in [1.54, 1.807) is 0 Å². The van der Waals surface area contributed by atoms with E-state index in [1.807, 2.05) is 25.1 Å². The summed E-state index contributed by atoms with van der Waals surface area (Å²) in [6.45, 7) is 3.90. The number of halogens is 1. The Balaban J connectivity index is 1.85. The van der Waals surface area contributed by atoms with Gasteiger partial charge >= 0.3 is 0 Å². The van der Waals surface area contributed by atoms with E-state index in [0.717, 1.165) is 18.4 Å². The van der Waals surface area contributed by atoms with Crippen molar-refractivity contribution in [3.8, 4) is 0 Å². The number of hydrogen-bond donors (Lipinski definition) is 1. The normalized spacial score (nSPS) is 15.2. The summed E-state index contributed by atoms with van der Waals surface area (Å²) in [5.74, 6) is -0.0214. The molecule has 0 saturated carbocycles. The number of nitrogens with one attached hydrogen (secondary N) is 1. The first-order chi connectivity index (χ1) is 8.66. The first-order valence-corrected chi connectivity index (χ1v) is 6.72. The topological polar surface area (TPSA) is 38.3 Å². The average Bonchev–Trinajstić information content (AvgIpc) is 2.81. The number of rotatable bonds is 5. The molecule has 1 amide bonds. The molecule has 1 unspecified atom stereocenters. The van der Waals surface area contributed by atoms with Crippen LogP contribution in [0.3, 0.4) is 0 Å². The predicted molar refractivity (Wildman–Crippen MR) is 71.8 cm³/mol. The van der Waals surface area contributed by atoms with Gasteiger partial charge in [0.25, 0.3) is 5.91 Å². The number of carbonyl (C=O) groups excluding carboxylic acids is 1. The number of fused-ring (bicyclic) bond motifs is 1. The van der Waals surface area contributed by atoms with Crippen molar-refractivity contribution in [3.63, 3.8) is 0 Å². The van der Waals surface area contributed by atoms with Crippen molar-refractivity contribution in [2.75, 3.05) is 6.54 Å². The minimum Gasteiger partial charge on any atom is -0.372 e.